The molecular weight excluding hydrogens is 409 g/mol. The van der Waals surface area contributed by atoms with Crippen molar-refractivity contribution in [1.82, 2.24) is 0 Å². The number of carbonyl (C=O) groups excluding carboxylic acids is 2. The molecule has 4 unspecified atom stereocenters. The Morgan fingerprint density at radius 2 is 1.14 bits per heavy atom. The number of hydrogen-bond acceptors (Lipinski definition) is 4. The topological polar surface area (TPSA) is 52.6 Å². The first kappa shape index (κ1) is 17.8. The molecule has 0 aromatic rings. The highest BCUT2D eigenvalue weighted by atomic mass is 35.5. The summed E-state index contributed by atoms with van der Waals surface area (Å²) in [5.74, 6) is -4.40. The molecule has 0 aromatic carbocycles. The van der Waals surface area contributed by atoms with E-state index in [9.17, 15) is 9.59 Å². The quantitative estimate of drug-likeness (QED) is 0.511. The molecule has 10 heteroatoms. The first-order chi connectivity index (χ1) is 9.53. The molecule has 4 atom stereocenters. The second kappa shape index (κ2) is 5.22. The van der Waals surface area contributed by atoms with Crippen molar-refractivity contribution in [2.45, 2.75) is 14.1 Å². The maximum atomic E-state index is 12.1. The number of esters is 2. The number of alkyl halides is 4. The molecule has 1 fully saturated rings. The highest BCUT2D eigenvalue weighted by Gasteiger charge is 2.85. The van der Waals surface area contributed by atoms with Gasteiger partial charge in [-0.3, -0.25) is 9.59 Å². The van der Waals surface area contributed by atoms with Gasteiger partial charge in [0.05, 0.1) is 36.1 Å². The molecule has 118 valence electrons. The van der Waals surface area contributed by atoms with Gasteiger partial charge in [0.25, 0.3) is 0 Å². The lowest BCUT2D eigenvalue weighted by molar-refractivity contribution is -0.157. The van der Waals surface area contributed by atoms with Gasteiger partial charge >= 0.3 is 11.9 Å². The molecule has 1 saturated carbocycles. The van der Waals surface area contributed by atoms with Crippen molar-refractivity contribution in [2.24, 2.45) is 11.8 Å². The molecule has 2 aliphatic carbocycles. The number of carbonyl (C=O) groups is 2. The van der Waals surface area contributed by atoms with Crippen molar-refractivity contribution in [1.29, 1.82) is 0 Å². The minimum absolute atomic E-state index is 0.193. The lowest BCUT2D eigenvalue weighted by atomic mass is 9.82. The molecule has 4 nitrogen and oxygen atoms in total. The van der Waals surface area contributed by atoms with Crippen LogP contribution >= 0.6 is 69.6 Å². The van der Waals surface area contributed by atoms with Crippen LogP contribution in [0.25, 0.3) is 0 Å². The highest BCUT2D eigenvalue weighted by Crippen LogP contribution is 2.76. The van der Waals surface area contributed by atoms with E-state index in [1.807, 2.05) is 0 Å². The summed E-state index contributed by atoms with van der Waals surface area (Å²) in [6, 6.07) is 0. The molecular formula is C11H8Cl6O4. The van der Waals surface area contributed by atoms with Crippen LogP contribution in [0.15, 0.2) is 10.1 Å². The minimum Gasteiger partial charge on any atom is -0.469 e. The molecule has 0 aromatic heterocycles. The second-order valence-electron chi connectivity index (χ2n) is 4.63. The molecule has 0 heterocycles. The molecule has 0 saturated heterocycles. The van der Waals surface area contributed by atoms with Crippen LogP contribution in [0, 0.1) is 11.8 Å². The zero-order valence-electron chi connectivity index (χ0n) is 10.6. The van der Waals surface area contributed by atoms with Gasteiger partial charge in [-0.2, -0.15) is 0 Å². The summed E-state index contributed by atoms with van der Waals surface area (Å²) in [5.41, 5.74) is 0. The van der Waals surface area contributed by atoms with E-state index in [0.717, 1.165) is 14.2 Å². The molecule has 2 aliphatic rings. The van der Waals surface area contributed by atoms with Gasteiger partial charge in [-0.15, -0.1) is 23.2 Å². The summed E-state index contributed by atoms with van der Waals surface area (Å²) in [4.78, 5) is 20.4. The van der Waals surface area contributed by atoms with Gasteiger partial charge in [0.15, 0.2) is 4.33 Å². The number of hydrogen-bond donors (Lipinski definition) is 0. The number of rotatable bonds is 2. The fourth-order valence-electron chi connectivity index (χ4n) is 2.83. The average Bonchev–Trinajstić information content (AvgIpc) is 2.65. The van der Waals surface area contributed by atoms with Gasteiger partial charge < -0.3 is 9.47 Å². The first-order valence-electron chi connectivity index (χ1n) is 5.50. The average molecular weight is 417 g/mol. The minimum atomic E-state index is -2.02. The molecule has 21 heavy (non-hydrogen) atoms. The third-order valence-electron chi connectivity index (χ3n) is 3.85. The van der Waals surface area contributed by atoms with Crippen LogP contribution in [-0.4, -0.2) is 40.2 Å². The second-order valence-corrected chi connectivity index (χ2v) is 7.90. The van der Waals surface area contributed by atoms with Gasteiger partial charge in [-0.05, 0) is 0 Å². The Labute approximate surface area is 150 Å². The molecule has 2 rings (SSSR count). The van der Waals surface area contributed by atoms with Crippen molar-refractivity contribution >= 4 is 81.5 Å². The van der Waals surface area contributed by atoms with Crippen LogP contribution in [0.4, 0.5) is 0 Å². The van der Waals surface area contributed by atoms with E-state index in [2.05, 4.69) is 9.47 Å². The zero-order chi connectivity index (χ0) is 16.4. The largest absolute Gasteiger partial charge is 0.469 e. The Morgan fingerprint density at radius 1 is 0.857 bits per heavy atom. The Bertz CT molecular complexity index is 515. The Kier molecular flexibility index (Phi) is 4.41. The van der Waals surface area contributed by atoms with Crippen LogP contribution in [0.5, 0.6) is 0 Å². The summed E-state index contributed by atoms with van der Waals surface area (Å²) in [6.45, 7) is 0. The molecule has 0 spiro atoms. The SMILES string of the molecule is COC(=O)C1C(C(=O)OC)C2(Cl)C(Cl)=C(Cl)C1(Cl)C2(Cl)Cl. The van der Waals surface area contributed by atoms with Gasteiger partial charge in [0.1, 0.15) is 9.75 Å². The standard InChI is InChI=1S/C11H8Cl6O4/c1-20-7(18)3-4(8(19)21-2)10(15)6(13)5(12)9(3,14)11(10,16)17/h3-4H,1-2H3. The van der Waals surface area contributed by atoms with Crippen molar-refractivity contribution in [3.8, 4) is 0 Å². The Hall–Kier alpha value is 0.420. The Balaban J connectivity index is 2.79. The van der Waals surface area contributed by atoms with Crippen LogP contribution in [0.3, 0.4) is 0 Å². The number of methoxy groups -OCH3 is 2. The van der Waals surface area contributed by atoms with Crippen molar-refractivity contribution in [3.63, 3.8) is 0 Å². The van der Waals surface area contributed by atoms with Crippen LogP contribution in [-0.2, 0) is 19.1 Å². The fraction of sp³-hybridized carbons (Fsp3) is 0.636. The van der Waals surface area contributed by atoms with Crippen LogP contribution < -0.4 is 0 Å². The lowest BCUT2D eigenvalue weighted by Crippen LogP contribution is -2.46. The van der Waals surface area contributed by atoms with Crippen molar-refractivity contribution in [2.75, 3.05) is 14.2 Å². The summed E-state index contributed by atoms with van der Waals surface area (Å²) in [6.07, 6.45) is 0. The maximum Gasteiger partial charge on any atom is 0.311 e. The predicted octanol–water partition coefficient (Wildman–Crippen LogP) is 3.41. The number of ether oxygens (including phenoxy) is 2. The van der Waals surface area contributed by atoms with E-state index in [4.69, 9.17) is 69.6 Å². The van der Waals surface area contributed by atoms with Crippen LogP contribution in [0.1, 0.15) is 0 Å². The summed E-state index contributed by atoms with van der Waals surface area (Å²) >= 11 is 37.6. The van der Waals surface area contributed by atoms with Crippen molar-refractivity contribution in [3.05, 3.63) is 10.1 Å². The van der Waals surface area contributed by atoms with E-state index in [1.165, 1.54) is 0 Å². The molecule has 0 amide bonds. The predicted molar refractivity (Wildman–Crippen MR) is 81.3 cm³/mol. The molecule has 0 N–H and O–H groups in total. The number of fused-ring (bicyclic) bond motifs is 2. The summed E-state index contributed by atoms with van der Waals surface area (Å²) < 4.78 is 7.32. The van der Waals surface area contributed by atoms with Gasteiger partial charge in [-0.25, -0.2) is 0 Å². The number of allylic oxidation sites excluding steroid dienone is 2. The molecule has 2 bridgehead atoms. The van der Waals surface area contributed by atoms with E-state index in [1.54, 1.807) is 0 Å². The fourth-order valence-corrected chi connectivity index (χ4v) is 5.75. The molecule has 0 radical (unpaired) electrons. The van der Waals surface area contributed by atoms with E-state index >= 15 is 0 Å². The number of halogens is 6. The monoisotopic (exact) mass is 414 g/mol. The Morgan fingerprint density at radius 3 is 1.38 bits per heavy atom. The third kappa shape index (κ3) is 1.78. The summed E-state index contributed by atoms with van der Waals surface area (Å²) in [5, 5.41) is -0.386. The van der Waals surface area contributed by atoms with Gasteiger partial charge in [-0.1, -0.05) is 46.4 Å². The zero-order valence-corrected chi connectivity index (χ0v) is 15.1. The molecule has 0 aliphatic heterocycles. The van der Waals surface area contributed by atoms with E-state index in [0.29, 0.717) is 0 Å². The van der Waals surface area contributed by atoms with Gasteiger partial charge in [0.2, 0.25) is 0 Å². The smallest absolute Gasteiger partial charge is 0.311 e. The summed E-state index contributed by atoms with van der Waals surface area (Å²) in [7, 11) is 2.24. The highest BCUT2D eigenvalue weighted by molar-refractivity contribution is 6.66. The maximum absolute atomic E-state index is 12.1. The van der Waals surface area contributed by atoms with Crippen molar-refractivity contribution < 1.29 is 19.1 Å². The lowest BCUT2D eigenvalue weighted by Gasteiger charge is -2.32. The first-order valence-corrected chi connectivity index (χ1v) is 7.77. The van der Waals surface area contributed by atoms with Crippen LogP contribution in [0.2, 0.25) is 0 Å². The third-order valence-corrected chi connectivity index (χ3v) is 8.10. The van der Waals surface area contributed by atoms with Gasteiger partial charge in [0, 0.05) is 0 Å². The van der Waals surface area contributed by atoms with E-state index < -0.39 is 37.9 Å². The van der Waals surface area contributed by atoms with E-state index in [-0.39, 0.29) is 10.1 Å². The normalized spacial score (nSPS) is 40.4.